The normalized spacial score (nSPS) is 21.2. The van der Waals surface area contributed by atoms with Crippen LogP contribution in [0, 0.1) is 0 Å². The summed E-state index contributed by atoms with van der Waals surface area (Å²) in [7, 11) is 3.79. The summed E-state index contributed by atoms with van der Waals surface area (Å²) in [4.78, 5) is 5.86. The summed E-state index contributed by atoms with van der Waals surface area (Å²) < 4.78 is 5.74. The van der Waals surface area contributed by atoms with Crippen molar-refractivity contribution in [2.75, 3.05) is 14.2 Å². The highest BCUT2D eigenvalue weighted by Crippen LogP contribution is 2.43. The number of hydrogen-bond acceptors (Lipinski definition) is 4. The van der Waals surface area contributed by atoms with E-state index in [4.69, 9.17) is 4.74 Å². The van der Waals surface area contributed by atoms with Crippen molar-refractivity contribution in [2.24, 2.45) is 0 Å². The highest BCUT2D eigenvalue weighted by molar-refractivity contribution is 7.11. The van der Waals surface area contributed by atoms with Crippen molar-refractivity contribution >= 4 is 11.3 Å². The molecule has 1 aromatic rings. The first-order valence-electron chi connectivity index (χ1n) is 5.90. The monoisotopic (exact) mass is 240 g/mol. The van der Waals surface area contributed by atoms with Crippen molar-refractivity contribution in [1.29, 1.82) is 0 Å². The Balaban J connectivity index is 2.23. The minimum absolute atomic E-state index is 0.0869. The fourth-order valence-electron chi connectivity index (χ4n) is 2.29. The van der Waals surface area contributed by atoms with Gasteiger partial charge in [0.15, 0.2) is 0 Å². The Hall–Kier alpha value is -0.450. The van der Waals surface area contributed by atoms with Crippen molar-refractivity contribution in [3.8, 4) is 0 Å². The summed E-state index contributed by atoms with van der Waals surface area (Å²) in [6.45, 7) is 2.16. The van der Waals surface area contributed by atoms with Crippen LogP contribution in [0.5, 0.6) is 0 Å². The third-order valence-electron chi connectivity index (χ3n) is 3.58. The van der Waals surface area contributed by atoms with Crippen LogP contribution in [-0.4, -0.2) is 19.1 Å². The fourth-order valence-corrected chi connectivity index (χ4v) is 3.49. The second-order valence-electron chi connectivity index (χ2n) is 4.48. The van der Waals surface area contributed by atoms with Gasteiger partial charge in [0.25, 0.3) is 0 Å². The summed E-state index contributed by atoms with van der Waals surface area (Å²) in [5.74, 6) is 0. The van der Waals surface area contributed by atoms with Crippen molar-refractivity contribution in [3.05, 3.63) is 16.1 Å². The molecule has 1 heterocycles. The molecule has 16 heavy (non-hydrogen) atoms. The largest absolute Gasteiger partial charge is 0.371 e. The van der Waals surface area contributed by atoms with E-state index in [1.54, 1.807) is 11.3 Å². The molecule has 1 aliphatic carbocycles. The molecule has 90 valence electrons. The zero-order valence-corrected chi connectivity index (χ0v) is 11.1. The highest BCUT2D eigenvalue weighted by Gasteiger charge is 2.38. The third-order valence-corrected chi connectivity index (χ3v) is 4.94. The molecule has 1 fully saturated rings. The van der Waals surface area contributed by atoms with Crippen molar-refractivity contribution < 1.29 is 4.74 Å². The van der Waals surface area contributed by atoms with Gasteiger partial charge >= 0.3 is 0 Å². The number of thiazole rings is 1. The molecule has 1 aromatic heterocycles. The molecule has 0 radical (unpaired) electrons. The Morgan fingerprint density at radius 2 is 2.19 bits per heavy atom. The standard InChI is InChI=1S/C12H20N2OS/c1-9(13-2)10-8-14-11(16-10)12(15-3)6-4-5-7-12/h8-9,13H,4-7H2,1-3H3. The first-order chi connectivity index (χ1) is 7.72. The minimum Gasteiger partial charge on any atom is -0.371 e. The van der Waals surface area contributed by atoms with Crippen LogP contribution in [0.15, 0.2) is 6.20 Å². The summed E-state index contributed by atoms with van der Waals surface area (Å²) in [5, 5.41) is 4.40. The van der Waals surface area contributed by atoms with E-state index in [2.05, 4.69) is 17.2 Å². The van der Waals surface area contributed by atoms with Crippen LogP contribution in [0.25, 0.3) is 0 Å². The Kier molecular flexibility index (Phi) is 3.62. The first-order valence-corrected chi connectivity index (χ1v) is 6.72. The molecule has 3 nitrogen and oxygen atoms in total. The Morgan fingerprint density at radius 3 is 2.75 bits per heavy atom. The number of hydrogen-bond donors (Lipinski definition) is 1. The maximum Gasteiger partial charge on any atom is 0.125 e. The number of nitrogens with zero attached hydrogens (tertiary/aromatic N) is 1. The quantitative estimate of drug-likeness (QED) is 0.878. The Bertz CT molecular complexity index is 345. The predicted molar refractivity (Wildman–Crippen MR) is 66.7 cm³/mol. The number of ether oxygens (including phenoxy) is 1. The number of rotatable bonds is 4. The van der Waals surface area contributed by atoms with E-state index >= 15 is 0 Å². The second-order valence-corrected chi connectivity index (χ2v) is 5.55. The van der Waals surface area contributed by atoms with E-state index in [1.807, 2.05) is 20.4 Å². The topological polar surface area (TPSA) is 34.2 Å². The summed E-state index contributed by atoms with van der Waals surface area (Å²) >= 11 is 1.79. The summed E-state index contributed by atoms with van der Waals surface area (Å²) in [6, 6.07) is 0.376. The smallest absolute Gasteiger partial charge is 0.125 e. The van der Waals surface area contributed by atoms with E-state index in [-0.39, 0.29) is 5.60 Å². The predicted octanol–water partition coefficient (Wildman–Crippen LogP) is 2.84. The maximum atomic E-state index is 5.74. The van der Waals surface area contributed by atoms with Crippen LogP contribution in [0.1, 0.15) is 48.5 Å². The van der Waals surface area contributed by atoms with Crippen molar-refractivity contribution in [3.63, 3.8) is 0 Å². The van der Waals surface area contributed by atoms with Gasteiger partial charge in [-0.3, -0.25) is 0 Å². The van der Waals surface area contributed by atoms with E-state index in [0.29, 0.717) is 6.04 Å². The molecule has 1 saturated carbocycles. The van der Waals surface area contributed by atoms with Gasteiger partial charge in [0.1, 0.15) is 10.6 Å². The maximum absolute atomic E-state index is 5.74. The highest BCUT2D eigenvalue weighted by atomic mass is 32.1. The van der Waals surface area contributed by atoms with Crippen LogP contribution in [-0.2, 0) is 10.3 Å². The first kappa shape index (κ1) is 12.0. The lowest BCUT2D eigenvalue weighted by molar-refractivity contribution is -0.00885. The lowest BCUT2D eigenvalue weighted by Gasteiger charge is -2.24. The lowest BCUT2D eigenvalue weighted by Crippen LogP contribution is -2.23. The molecule has 1 N–H and O–H groups in total. The molecule has 0 spiro atoms. The Labute approximate surface area is 101 Å². The van der Waals surface area contributed by atoms with Gasteiger partial charge in [-0.15, -0.1) is 11.3 Å². The van der Waals surface area contributed by atoms with Crippen LogP contribution < -0.4 is 5.32 Å². The molecule has 0 saturated heterocycles. The summed E-state index contributed by atoms with van der Waals surface area (Å²) in [6.07, 6.45) is 6.73. The molecular formula is C12H20N2OS. The van der Waals surface area contributed by atoms with E-state index in [0.717, 1.165) is 17.8 Å². The van der Waals surface area contributed by atoms with E-state index < -0.39 is 0 Å². The van der Waals surface area contributed by atoms with Crippen molar-refractivity contribution in [1.82, 2.24) is 10.3 Å². The third kappa shape index (κ3) is 2.01. The zero-order valence-electron chi connectivity index (χ0n) is 10.2. The minimum atomic E-state index is -0.0869. The molecular weight excluding hydrogens is 220 g/mol. The van der Waals surface area contributed by atoms with Gasteiger partial charge in [0.2, 0.25) is 0 Å². The lowest BCUT2D eigenvalue weighted by atomic mass is 10.0. The summed E-state index contributed by atoms with van der Waals surface area (Å²) in [5.41, 5.74) is -0.0869. The number of nitrogens with one attached hydrogen (secondary N) is 1. The van der Waals surface area contributed by atoms with Gasteiger partial charge in [-0.1, -0.05) is 12.8 Å². The van der Waals surface area contributed by atoms with Crippen LogP contribution in [0.3, 0.4) is 0 Å². The molecule has 1 atom stereocenters. The van der Waals surface area contributed by atoms with Crippen LogP contribution >= 0.6 is 11.3 Å². The number of methoxy groups -OCH3 is 1. The molecule has 0 bridgehead atoms. The molecule has 0 aromatic carbocycles. The van der Waals surface area contributed by atoms with Gasteiger partial charge < -0.3 is 10.1 Å². The fraction of sp³-hybridized carbons (Fsp3) is 0.750. The van der Waals surface area contributed by atoms with Crippen LogP contribution in [0.2, 0.25) is 0 Å². The van der Waals surface area contributed by atoms with E-state index in [9.17, 15) is 0 Å². The average molecular weight is 240 g/mol. The van der Waals surface area contributed by atoms with Gasteiger partial charge in [0, 0.05) is 24.2 Å². The molecule has 0 amide bonds. The zero-order chi connectivity index (χ0) is 11.6. The molecule has 1 unspecified atom stereocenters. The SMILES string of the molecule is CNC(C)c1cnc(C2(OC)CCCC2)s1. The van der Waals surface area contributed by atoms with Gasteiger partial charge in [-0.05, 0) is 26.8 Å². The number of aromatic nitrogens is 1. The molecule has 2 rings (SSSR count). The van der Waals surface area contributed by atoms with Gasteiger partial charge in [-0.25, -0.2) is 4.98 Å². The molecule has 4 heteroatoms. The van der Waals surface area contributed by atoms with Crippen LogP contribution in [0.4, 0.5) is 0 Å². The van der Waals surface area contributed by atoms with E-state index in [1.165, 1.54) is 17.7 Å². The average Bonchev–Trinajstić information content (AvgIpc) is 2.96. The van der Waals surface area contributed by atoms with Crippen molar-refractivity contribution in [2.45, 2.75) is 44.2 Å². The molecule has 0 aliphatic heterocycles. The Morgan fingerprint density at radius 1 is 1.50 bits per heavy atom. The van der Waals surface area contributed by atoms with Gasteiger partial charge in [-0.2, -0.15) is 0 Å². The molecule has 1 aliphatic rings. The van der Waals surface area contributed by atoms with Gasteiger partial charge in [0.05, 0.1) is 0 Å². The second kappa shape index (κ2) is 4.82.